The van der Waals surface area contributed by atoms with E-state index in [2.05, 4.69) is 15.3 Å². The Labute approximate surface area is 117 Å². The first kappa shape index (κ1) is 15.9. The van der Waals surface area contributed by atoms with Gasteiger partial charge in [0.25, 0.3) is 0 Å². The highest BCUT2D eigenvalue weighted by Gasteiger charge is 2.22. The fourth-order valence-electron chi connectivity index (χ4n) is 1.60. The average molecular weight is 281 g/mol. The lowest BCUT2D eigenvalue weighted by Crippen LogP contribution is -2.35. The lowest BCUT2D eigenvalue weighted by atomic mass is 10.1. The van der Waals surface area contributed by atoms with Gasteiger partial charge in [-0.05, 0) is 19.8 Å². The fourth-order valence-corrected chi connectivity index (χ4v) is 1.60. The molecule has 0 saturated carbocycles. The summed E-state index contributed by atoms with van der Waals surface area (Å²) in [5, 5.41) is 11.8. The molecule has 0 saturated heterocycles. The molecule has 7 nitrogen and oxygen atoms in total. The van der Waals surface area contributed by atoms with Crippen LogP contribution in [-0.4, -0.2) is 39.7 Å². The van der Waals surface area contributed by atoms with Gasteiger partial charge >= 0.3 is 11.9 Å². The maximum Gasteiger partial charge on any atom is 0.341 e. The van der Waals surface area contributed by atoms with Crippen LogP contribution in [0.25, 0.3) is 0 Å². The summed E-state index contributed by atoms with van der Waals surface area (Å²) in [5.74, 6) is -1.41. The van der Waals surface area contributed by atoms with Crippen LogP contribution >= 0.6 is 0 Å². The Hall–Kier alpha value is -2.18. The third kappa shape index (κ3) is 3.91. The molecule has 0 radical (unpaired) electrons. The van der Waals surface area contributed by atoms with Crippen LogP contribution in [0, 0.1) is 12.8 Å². The Morgan fingerprint density at radius 3 is 2.55 bits per heavy atom. The van der Waals surface area contributed by atoms with Crippen molar-refractivity contribution in [1.82, 2.24) is 9.97 Å². The summed E-state index contributed by atoms with van der Waals surface area (Å²) in [6.07, 6.45) is 1.34. The van der Waals surface area contributed by atoms with Gasteiger partial charge in [0, 0.05) is 6.20 Å². The Balaban J connectivity index is 2.92. The van der Waals surface area contributed by atoms with Crippen LogP contribution in [0.2, 0.25) is 0 Å². The predicted octanol–water partition coefficient (Wildman–Crippen LogP) is 1.48. The van der Waals surface area contributed by atoms with Crippen molar-refractivity contribution in [2.24, 2.45) is 5.92 Å². The average Bonchev–Trinajstić information content (AvgIpc) is 2.35. The number of aryl methyl sites for hydroxylation is 1. The van der Waals surface area contributed by atoms with Crippen molar-refractivity contribution in [2.75, 3.05) is 11.9 Å². The molecule has 1 aromatic heterocycles. The van der Waals surface area contributed by atoms with E-state index in [1.807, 2.05) is 0 Å². The zero-order chi connectivity index (χ0) is 15.3. The van der Waals surface area contributed by atoms with Gasteiger partial charge < -0.3 is 15.2 Å². The Kier molecular flexibility index (Phi) is 5.42. The number of hydrogen-bond donors (Lipinski definition) is 2. The number of hydrogen-bond acceptors (Lipinski definition) is 6. The van der Waals surface area contributed by atoms with E-state index < -0.39 is 18.0 Å². The van der Waals surface area contributed by atoms with Crippen LogP contribution in [0.15, 0.2) is 6.20 Å². The minimum Gasteiger partial charge on any atom is -0.480 e. The summed E-state index contributed by atoms with van der Waals surface area (Å²) < 4.78 is 4.87. The van der Waals surface area contributed by atoms with Crippen molar-refractivity contribution < 1.29 is 19.4 Å². The van der Waals surface area contributed by atoms with E-state index in [1.165, 1.54) is 6.20 Å². The summed E-state index contributed by atoms with van der Waals surface area (Å²) in [6, 6.07) is -0.789. The van der Waals surface area contributed by atoms with E-state index in [9.17, 15) is 9.59 Å². The SMILES string of the molecule is CCOC(=O)c1cnc(NC(C(=O)O)C(C)C)nc1C. The zero-order valence-corrected chi connectivity index (χ0v) is 12.0. The number of carbonyl (C=O) groups excluding carboxylic acids is 1. The van der Waals surface area contributed by atoms with E-state index in [1.54, 1.807) is 27.7 Å². The van der Waals surface area contributed by atoms with Crippen molar-refractivity contribution in [2.45, 2.75) is 33.7 Å². The second-order valence-electron chi connectivity index (χ2n) is 4.62. The summed E-state index contributed by atoms with van der Waals surface area (Å²) in [5.41, 5.74) is 0.711. The maximum absolute atomic E-state index is 11.6. The molecule has 0 fully saturated rings. The molecule has 110 valence electrons. The van der Waals surface area contributed by atoms with E-state index in [0.29, 0.717) is 5.69 Å². The molecular formula is C13H19N3O4. The van der Waals surface area contributed by atoms with Crippen LogP contribution < -0.4 is 5.32 Å². The number of aliphatic carboxylic acids is 1. The number of carboxylic acid groups (broad SMARTS) is 1. The van der Waals surface area contributed by atoms with Crippen molar-refractivity contribution in [3.8, 4) is 0 Å². The standard InChI is InChI=1S/C13H19N3O4/c1-5-20-12(19)9-6-14-13(15-8(9)4)16-10(7(2)3)11(17)18/h6-7,10H,5H2,1-4H3,(H,17,18)(H,14,15,16). The number of anilines is 1. The molecular weight excluding hydrogens is 262 g/mol. The fraction of sp³-hybridized carbons (Fsp3) is 0.538. The summed E-state index contributed by atoms with van der Waals surface area (Å²) in [4.78, 5) is 30.8. The summed E-state index contributed by atoms with van der Waals surface area (Å²) >= 11 is 0. The second kappa shape index (κ2) is 6.83. The highest BCUT2D eigenvalue weighted by Crippen LogP contribution is 2.12. The largest absolute Gasteiger partial charge is 0.480 e. The second-order valence-corrected chi connectivity index (χ2v) is 4.62. The topological polar surface area (TPSA) is 101 Å². The molecule has 0 aliphatic rings. The van der Waals surface area contributed by atoms with Crippen molar-refractivity contribution in [1.29, 1.82) is 0 Å². The third-order valence-corrected chi connectivity index (χ3v) is 2.69. The predicted molar refractivity (Wildman–Crippen MR) is 72.6 cm³/mol. The smallest absolute Gasteiger partial charge is 0.341 e. The molecule has 2 N–H and O–H groups in total. The van der Waals surface area contributed by atoms with E-state index in [-0.39, 0.29) is 24.0 Å². The van der Waals surface area contributed by atoms with E-state index >= 15 is 0 Å². The van der Waals surface area contributed by atoms with Gasteiger partial charge in [-0.15, -0.1) is 0 Å². The first-order valence-corrected chi connectivity index (χ1v) is 6.36. The molecule has 0 aromatic carbocycles. The maximum atomic E-state index is 11.6. The molecule has 0 bridgehead atoms. The van der Waals surface area contributed by atoms with Gasteiger partial charge in [-0.25, -0.2) is 19.6 Å². The lowest BCUT2D eigenvalue weighted by Gasteiger charge is -2.18. The van der Waals surface area contributed by atoms with Crippen molar-refractivity contribution in [3.05, 3.63) is 17.5 Å². The molecule has 0 amide bonds. The molecule has 0 aliphatic carbocycles. The van der Waals surface area contributed by atoms with Crippen LogP contribution in [0.1, 0.15) is 36.8 Å². The first-order chi connectivity index (χ1) is 9.36. The van der Waals surface area contributed by atoms with Crippen LogP contribution in [-0.2, 0) is 9.53 Å². The summed E-state index contributed by atoms with van der Waals surface area (Å²) in [7, 11) is 0. The van der Waals surface area contributed by atoms with E-state index in [0.717, 1.165) is 0 Å². The minimum atomic E-state index is -0.976. The number of esters is 1. The number of aromatic nitrogens is 2. The monoisotopic (exact) mass is 281 g/mol. The number of rotatable bonds is 6. The normalized spacial score (nSPS) is 12.1. The number of nitrogens with zero attached hydrogens (tertiary/aromatic N) is 2. The van der Waals surface area contributed by atoms with Crippen molar-refractivity contribution >= 4 is 17.9 Å². The highest BCUT2D eigenvalue weighted by atomic mass is 16.5. The van der Waals surface area contributed by atoms with Gasteiger partial charge in [-0.2, -0.15) is 0 Å². The van der Waals surface area contributed by atoms with Gasteiger partial charge in [0.15, 0.2) is 0 Å². The van der Waals surface area contributed by atoms with Gasteiger partial charge in [-0.1, -0.05) is 13.8 Å². The lowest BCUT2D eigenvalue weighted by molar-refractivity contribution is -0.138. The molecule has 1 unspecified atom stereocenters. The molecule has 1 aromatic rings. The Bertz CT molecular complexity index is 502. The van der Waals surface area contributed by atoms with Gasteiger partial charge in [0.05, 0.1) is 17.9 Å². The van der Waals surface area contributed by atoms with Gasteiger partial charge in [0.2, 0.25) is 5.95 Å². The van der Waals surface area contributed by atoms with Crippen molar-refractivity contribution in [3.63, 3.8) is 0 Å². The van der Waals surface area contributed by atoms with Crippen LogP contribution in [0.3, 0.4) is 0 Å². The molecule has 1 rings (SSSR count). The molecule has 1 atom stereocenters. The molecule has 7 heteroatoms. The quantitative estimate of drug-likeness (QED) is 0.761. The van der Waals surface area contributed by atoms with Crippen LogP contribution in [0.5, 0.6) is 0 Å². The Morgan fingerprint density at radius 1 is 1.45 bits per heavy atom. The van der Waals surface area contributed by atoms with Gasteiger partial charge in [-0.3, -0.25) is 0 Å². The number of carboxylic acids is 1. The van der Waals surface area contributed by atoms with Crippen LogP contribution in [0.4, 0.5) is 5.95 Å². The molecule has 0 spiro atoms. The molecule has 20 heavy (non-hydrogen) atoms. The third-order valence-electron chi connectivity index (χ3n) is 2.69. The minimum absolute atomic E-state index is 0.124. The van der Waals surface area contributed by atoms with E-state index in [4.69, 9.17) is 9.84 Å². The molecule has 0 aliphatic heterocycles. The Morgan fingerprint density at radius 2 is 2.10 bits per heavy atom. The number of nitrogens with one attached hydrogen (secondary N) is 1. The zero-order valence-electron chi connectivity index (χ0n) is 12.0. The highest BCUT2D eigenvalue weighted by molar-refractivity contribution is 5.90. The number of ether oxygens (including phenoxy) is 1. The molecule has 1 heterocycles. The number of carbonyl (C=O) groups is 2. The summed E-state index contributed by atoms with van der Waals surface area (Å²) in [6.45, 7) is 7.19. The first-order valence-electron chi connectivity index (χ1n) is 6.36. The van der Waals surface area contributed by atoms with Gasteiger partial charge in [0.1, 0.15) is 6.04 Å².